The number of halogens is 1. The van der Waals surface area contributed by atoms with Crippen LogP contribution in [0.5, 0.6) is 11.5 Å². The van der Waals surface area contributed by atoms with Gasteiger partial charge in [-0.3, -0.25) is 9.69 Å². The molecule has 0 saturated carbocycles. The molecule has 3 aromatic rings. The highest BCUT2D eigenvalue weighted by Crippen LogP contribution is 2.40. The molecular weight excluding hydrogens is 454 g/mol. The van der Waals surface area contributed by atoms with Crippen LogP contribution < -0.4 is 14.4 Å². The molecule has 31 heavy (non-hydrogen) atoms. The van der Waals surface area contributed by atoms with Gasteiger partial charge in [0.25, 0.3) is 5.91 Å². The molecule has 0 saturated heterocycles. The Morgan fingerprint density at radius 3 is 2.39 bits per heavy atom. The standard InChI is InChI=1S/C22H27N3O3S2.ClH/c1-6-29-18-10-8-7-9-15(18)21(26)25(14-13-24(2)3)22-23-19-16(27-4)11-12-17(28-5)20(19)30-22;/h7-12H,6,13-14H2,1-5H3;1H. The van der Waals surface area contributed by atoms with Gasteiger partial charge >= 0.3 is 0 Å². The molecule has 0 unspecified atom stereocenters. The van der Waals surface area contributed by atoms with Crippen molar-refractivity contribution in [2.75, 3.05) is 52.1 Å². The van der Waals surface area contributed by atoms with Gasteiger partial charge in [0, 0.05) is 18.0 Å². The SMILES string of the molecule is CCSc1ccccc1C(=O)N(CCN(C)C)c1nc2c(OC)ccc(OC)c2s1.Cl. The Morgan fingerprint density at radius 2 is 1.74 bits per heavy atom. The van der Waals surface area contributed by atoms with E-state index in [9.17, 15) is 4.79 Å². The molecule has 1 amide bonds. The number of ether oxygens (including phenoxy) is 2. The maximum absolute atomic E-state index is 13.6. The highest BCUT2D eigenvalue weighted by molar-refractivity contribution is 7.99. The maximum Gasteiger partial charge on any atom is 0.261 e. The predicted octanol–water partition coefficient (Wildman–Crippen LogP) is 5.06. The van der Waals surface area contributed by atoms with E-state index in [4.69, 9.17) is 14.5 Å². The number of hydrogen-bond acceptors (Lipinski definition) is 7. The van der Waals surface area contributed by atoms with Gasteiger partial charge in [-0.2, -0.15) is 0 Å². The number of rotatable bonds is 9. The Morgan fingerprint density at radius 1 is 1.06 bits per heavy atom. The molecule has 0 fully saturated rings. The minimum Gasteiger partial charge on any atom is -0.495 e. The van der Waals surface area contributed by atoms with Crippen LogP contribution in [-0.4, -0.2) is 62.9 Å². The first-order valence-electron chi connectivity index (χ1n) is 9.70. The van der Waals surface area contributed by atoms with E-state index < -0.39 is 0 Å². The molecule has 9 heteroatoms. The van der Waals surface area contributed by atoms with Gasteiger partial charge in [0.2, 0.25) is 0 Å². The Bertz CT molecular complexity index is 985. The number of hydrogen-bond donors (Lipinski definition) is 0. The normalized spacial score (nSPS) is 10.8. The van der Waals surface area contributed by atoms with Crippen molar-refractivity contribution in [1.29, 1.82) is 0 Å². The molecule has 0 atom stereocenters. The van der Waals surface area contributed by atoms with Crippen molar-refractivity contribution in [3.05, 3.63) is 42.0 Å². The highest BCUT2D eigenvalue weighted by Gasteiger charge is 2.25. The van der Waals surface area contributed by atoms with Crippen molar-refractivity contribution >= 4 is 56.8 Å². The highest BCUT2D eigenvalue weighted by atomic mass is 35.5. The second-order valence-corrected chi connectivity index (χ2v) is 9.12. The Hall–Kier alpha value is -2.00. The molecule has 168 valence electrons. The van der Waals surface area contributed by atoms with Crippen LogP contribution in [0.25, 0.3) is 10.2 Å². The number of nitrogens with zero attached hydrogens (tertiary/aromatic N) is 3. The van der Waals surface area contributed by atoms with Crippen LogP contribution in [0.2, 0.25) is 0 Å². The lowest BCUT2D eigenvalue weighted by atomic mass is 10.2. The number of aromatic nitrogens is 1. The molecule has 0 aliphatic rings. The smallest absolute Gasteiger partial charge is 0.261 e. The van der Waals surface area contributed by atoms with Gasteiger partial charge in [0.05, 0.1) is 19.8 Å². The average molecular weight is 482 g/mol. The van der Waals surface area contributed by atoms with Crippen LogP contribution in [-0.2, 0) is 0 Å². The molecule has 2 aromatic carbocycles. The summed E-state index contributed by atoms with van der Waals surface area (Å²) in [6.07, 6.45) is 0. The average Bonchev–Trinajstić information content (AvgIpc) is 3.18. The Labute approximate surface area is 197 Å². The summed E-state index contributed by atoms with van der Waals surface area (Å²) in [5, 5.41) is 0.635. The second-order valence-electron chi connectivity index (χ2n) is 6.83. The number of methoxy groups -OCH3 is 2. The van der Waals surface area contributed by atoms with E-state index in [0.29, 0.717) is 28.5 Å². The molecule has 1 heterocycles. The zero-order chi connectivity index (χ0) is 21.7. The Kier molecular flexibility index (Phi) is 9.43. The third kappa shape index (κ3) is 5.63. The monoisotopic (exact) mass is 481 g/mol. The lowest BCUT2D eigenvalue weighted by molar-refractivity contribution is 0.0982. The van der Waals surface area contributed by atoms with Crippen LogP contribution in [0.1, 0.15) is 17.3 Å². The van der Waals surface area contributed by atoms with Crippen LogP contribution in [0.3, 0.4) is 0 Å². The largest absolute Gasteiger partial charge is 0.495 e. The number of anilines is 1. The van der Waals surface area contributed by atoms with E-state index in [1.165, 1.54) is 11.3 Å². The summed E-state index contributed by atoms with van der Waals surface area (Å²) >= 11 is 3.11. The molecule has 0 aliphatic heterocycles. The van der Waals surface area contributed by atoms with Crippen molar-refractivity contribution in [1.82, 2.24) is 9.88 Å². The van der Waals surface area contributed by atoms with Crippen molar-refractivity contribution in [3.8, 4) is 11.5 Å². The number of likely N-dealkylation sites (N-methyl/N-ethyl adjacent to an activating group) is 1. The summed E-state index contributed by atoms with van der Waals surface area (Å²) in [7, 11) is 7.24. The Balaban J connectivity index is 0.00000341. The van der Waals surface area contributed by atoms with Crippen molar-refractivity contribution in [3.63, 3.8) is 0 Å². The molecular formula is C22H28ClN3O3S2. The number of fused-ring (bicyclic) bond motifs is 1. The predicted molar refractivity (Wildman–Crippen MR) is 133 cm³/mol. The minimum absolute atomic E-state index is 0. The summed E-state index contributed by atoms with van der Waals surface area (Å²) < 4.78 is 11.9. The van der Waals surface area contributed by atoms with Gasteiger partial charge in [-0.05, 0) is 44.1 Å². The molecule has 0 bridgehead atoms. The zero-order valence-electron chi connectivity index (χ0n) is 18.4. The third-order valence-electron chi connectivity index (χ3n) is 4.56. The fourth-order valence-electron chi connectivity index (χ4n) is 3.04. The minimum atomic E-state index is -0.0506. The topological polar surface area (TPSA) is 54.9 Å². The van der Waals surface area contributed by atoms with Crippen molar-refractivity contribution in [2.24, 2.45) is 0 Å². The second kappa shape index (κ2) is 11.6. The van der Waals surface area contributed by atoms with Crippen LogP contribution in [0.15, 0.2) is 41.3 Å². The van der Waals surface area contributed by atoms with Gasteiger partial charge in [-0.15, -0.1) is 24.2 Å². The van der Waals surface area contributed by atoms with E-state index >= 15 is 0 Å². The summed E-state index contributed by atoms with van der Waals surface area (Å²) in [5.41, 5.74) is 1.40. The first-order valence-corrected chi connectivity index (χ1v) is 11.5. The van der Waals surface area contributed by atoms with Gasteiger partial charge < -0.3 is 14.4 Å². The molecule has 3 rings (SSSR count). The summed E-state index contributed by atoms with van der Waals surface area (Å²) in [6, 6.07) is 11.5. The van der Waals surface area contributed by atoms with Crippen LogP contribution in [0.4, 0.5) is 5.13 Å². The zero-order valence-corrected chi connectivity index (χ0v) is 20.8. The molecule has 0 radical (unpaired) electrons. The number of carbonyl (C=O) groups excluding carboxylic acids is 1. The van der Waals surface area contributed by atoms with Crippen LogP contribution in [0, 0.1) is 0 Å². The molecule has 1 aromatic heterocycles. The molecule has 6 nitrogen and oxygen atoms in total. The van der Waals surface area contributed by atoms with E-state index in [1.54, 1.807) is 30.9 Å². The lowest BCUT2D eigenvalue weighted by Gasteiger charge is -2.23. The van der Waals surface area contributed by atoms with Gasteiger partial charge in [-0.1, -0.05) is 30.4 Å². The lowest BCUT2D eigenvalue weighted by Crippen LogP contribution is -2.37. The summed E-state index contributed by atoms with van der Waals surface area (Å²) in [4.78, 5) is 23.2. The quantitative estimate of drug-likeness (QED) is 0.398. The van der Waals surface area contributed by atoms with E-state index in [0.717, 1.165) is 27.6 Å². The summed E-state index contributed by atoms with van der Waals surface area (Å²) in [5.74, 6) is 2.23. The number of carbonyl (C=O) groups is 1. The first kappa shape index (κ1) is 25.3. The van der Waals surface area contributed by atoms with E-state index in [-0.39, 0.29) is 18.3 Å². The fraction of sp³-hybridized carbons (Fsp3) is 0.364. The van der Waals surface area contributed by atoms with Gasteiger partial charge in [-0.25, -0.2) is 4.98 Å². The summed E-state index contributed by atoms with van der Waals surface area (Å²) in [6.45, 7) is 3.34. The molecule has 0 spiro atoms. The number of amides is 1. The first-order chi connectivity index (χ1) is 14.5. The number of benzene rings is 2. The van der Waals surface area contributed by atoms with Gasteiger partial charge in [0.1, 0.15) is 21.7 Å². The van der Waals surface area contributed by atoms with E-state index in [1.807, 2.05) is 50.5 Å². The van der Waals surface area contributed by atoms with E-state index in [2.05, 4.69) is 11.8 Å². The maximum atomic E-state index is 13.6. The van der Waals surface area contributed by atoms with Crippen molar-refractivity contribution in [2.45, 2.75) is 11.8 Å². The molecule has 0 aliphatic carbocycles. The van der Waals surface area contributed by atoms with Crippen LogP contribution >= 0.6 is 35.5 Å². The number of thioether (sulfide) groups is 1. The molecule has 0 N–H and O–H groups in total. The number of thiazole rings is 1. The van der Waals surface area contributed by atoms with Crippen molar-refractivity contribution < 1.29 is 14.3 Å². The third-order valence-corrected chi connectivity index (χ3v) is 6.61. The fourth-order valence-corrected chi connectivity index (χ4v) is 4.94. The van der Waals surface area contributed by atoms with Gasteiger partial charge in [0.15, 0.2) is 5.13 Å².